The summed E-state index contributed by atoms with van der Waals surface area (Å²) in [7, 11) is 0. The van der Waals surface area contributed by atoms with Crippen molar-refractivity contribution in [1.29, 1.82) is 0 Å². The molecule has 0 unspecified atom stereocenters. The molecule has 0 heterocycles. The maximum Gasteiger partial charge on any atom is 0.219 e. The SMILES string of the molecule is CCCCN(CCCC)CCCNC(=O)CC. The largest absolute Gasteiger partial charge is 0.356 e. The van der Waals surface area contributed by atoms with Crippen LogP contribution >= 0.6 is 0 Å². The third-order valence-electron chi connectivity index (χ3n) is 2.95. The molecule has 0 aliphatic rings. The van der Waals surface area contributed by atoms with E-state index in [1.165, 1.54) is 38.8 Å². The second-order valence-electron chi connectivity index (χ2n) is 4.61. The van der Waals surface area contributed by atoms with Crippen molar-refractivity contribution in [1.82, 2.24) is 10.2 Å². The van der Waals surface area contributed by atoms with Gasteiger partial charge in [-0.1, -0.05) is 33.6 Å². The monoisotopic (exact) mass is 242 g/mol. The summed E-state index contributed by atoms with van der Waals surface area (Å²) >= 11 is 0. The van der Waals surface area contributed by atoms with Gasteiger partial charge in [0.1, 0.15) is 0 Å². The van der Waals surface area contributed by atoms with E-state index in [1.807, 2.05) is 6.92 Å². The fourth-order valence-electron chi connectivity index (χ4n) is 1.75. The second-order valence-corrected chi connectivity index (χ2v) is 4.61. The smallest absolute Gasteiger partial charge is 0.219 e. The number of hydrogen-bond donors (Lipinski definition) is 1. The van der Waals surface area contributed by atoms with E-state index in [0.29, 0.717) is 6.42 Å². The lowest BCUT2D eigenvalue weighted by molar-refractivity contribution is -0.120. The Morgan fingerprint density at radius 3 is 1.94 bits per heavy atom. The molecule has 3 nitrogen and oxygen atoms in total. The van der Waals surface area contributed by atoms with Crippen molar-refractivity contribution in [3.8, 4) is 0 Å². The van der Waals surface area contributed by atoms with E-state index in [-0.39, 0.29) is 5.91 Å². The van der Waals surface area contributed by atoms with Gasteiger partial charge in [0.05, 0.1) is 0 Å². The summed E-state index contributed by atoms with van der Waals surface area (Å²) in [6.45, 7) is 10.7. The summed E-state index contributed by atoms with van der Waals surface area (Å²) in [6.07, 6.45) is 6.75. The van der Waals surface area contributed by atoms with Crippen molar-refractivity contribution in [3.05, 3.63) is 0 Å². The van der Waals surface area contributed by atoms with E-state index in [4.69, 9.17) is 0 Å². The minimum atomic E-state index is 0.165. The molecule has 1 N–H and O–H groups in total. The number of unbranched alkanes of at least 4 members (excludes halogenated alkanes) is 2. The summed E-state index contributed by atoms with van der Waals surface area (Å²) in [5.74, 6) is 0.165. The van der Waals surface area contributed by atoms with Crippen LogP contribution in [0.25, 0.3) is 0 Å². The van der Waals surface area contributed by atoms with E-state index in [2.05, 4.69) is 24.1 Å². The van der Waals surface area contributed by atoms with Gasteiger partial charge in [0, 0.05) is 13.0 Å². The van der Waals surface area contributed by atoms with Gasteiger partial charge in [-0.2, -0.15) is 0 Å². The maximum absolute atomic E-state index is 11.1. The van der Waals surface area contributed by atoms with Crippen LogP contribution in [0, 0.1) is 0 Å². The Morgan fingerprint density at radius 1 is 0.941 bits per heavy atom. The second kappa shape index (κ2) is 11.9. The van der Waals surface area contributed by atoms with Gasteiger partial charge in [0.25, 0.3) is 0 Å². The first kappa shape index (κ1) is 16.4. The number of amides is 1. The fraction of sp³-hybridized carbons (Fsp3) is 0.929. The van der Waals surface area contributed by atoms with Gasteiger partial charge in [0.2, 0.25) is 5.91 Å². The van der Waals surface area contributed by atoms with E-state index in [0.717, 1.165) is 19.5 Å². The third-order valence-corrected chi connectivity index (χ3v) is 2.95. The molecule has 0 bridgehead atoms. The zero-order valence-electron chi connectivity index (χ0n) is 11.9. The van der Waals surface area contributed by atoms with Crippen molar-refractivity contribution in [2.24, 2.45) is 0 Å². The van der Waals surface area contributed by atoms with Gasteiger partial charge < -0.3 is 10.2 Å². The quantitative estimate of drug-likeness (QED) is 0.565. The minimum absolute atomic E-state index is 0.165. The molecule has 0 aromatic heterocycles. The predicted molar refractivity (Wildman–Crippen MR) is 74.2 cm³/mol. The van der Waals surface area contributed by atoms with Crippen LogP contribution in [0.4, 0.5) is 0 Å². The Labute approximate surface area is 107 Å². The molecule has 1 amide bonds. The molecule has 102 valence electrons. The molecule has 3 heteroatoms. The van der Waals surface area contributed by atoms with Gasteiger partial charge in [-0.15, -0.1) is 0 Å². The van der Waals surface area contributed by atoms with Gasteiger partial charge in [-0.3, -0.25) is 4.79 Å². The molecule has 0 aliphatic heterocycles. The Kier molecular flexibility index (Phi) is 11.5. The highest BCUT2D eigenvalue weighted by Crippen LogP contribution is 2.00. The molecule has 0 spiro atoms. The number of carbonyl (C=O) groups is 1. The van der Waals surface area contributed by atoms with Crippen LogP contribution in [0.15, 0.2) is 0 Å². The van der Waals surface area contributed by atoms with Crippen LogP contribution in [0.2, 0.25) is 0 Å². The van der Waals surface area contributed by atoms with Crippen LogP contribution < -0.4 is 5.32 Å². The highest BCUT2D eigenvalue weighted by atomic mass is 16.1. The molecule has 0 atom stereocenters. The van der Waals surface area contributed by atoms with Crippen molar-refractivity contribution in [2.45, 2.75) is 59.3 Å². The van der Waals surface area contributed by atoms with Crippen LogP contribution in [0.3, 0.4) is 0 Å². The number of nitrogens with zero attached hydrogens (tertiary/aromatic N) is 1. The molecule has 0 rings (SSSR count). The molecule has 0 saturated heterocycles. The number of nitrogens with one attached hydrogen (secondary N) is 1. The van der Waals surface area contributed by atoms with E-state index >= 15 is 0 Å². The zero-order chi connectivity index (χ0) is 12.9. The topological polar surface area (TPSA) is 32.3 Å². The number of hydrogen-bond acceptors (Lipinski definition) is 2. The lowest BCUT2D eigenvalue weighted by Gasteiger charge is -2.21. The molecule has 17 heavy (non-hydrogen) atoms. The highest BCUT2D eigenvalue weighted by Gasteiger charge is 2.03. The van der Waals surface area contributed by atoms with Crippen molar-refractivity contribution < 1.29 is 4.79 Å². The highest BCUT2D eigenvalue weighted by molar-refractivity contribution is 5.75. The summed E-state index contributed by atoms with van der Waals surface area (Å²) < 4.78 is 0. The molecule has 0 aromatic rings. The molecular formula is C14H30N2O. The first-order chi connectivity index (χ1) is 8.24. The Bertz CT molecular complexity index is 175. The standard InChI is InChI=1S/C14H30N2O/c1-4-7-11-16(12-8-5-2)13-9-10-15-14(17)6-3/h4-13H2,1-3H3,(H,15,17). The van der Waals surface area contributed by atoms with Crippen LogP contribution in [0.1, 0.15) is 59.3 Å². The van der Waals surface area contributed by atoms with Crippen LogP contribution in [0.5, 0.6) is 0 Å². The Morgan fingerprint density at radius 2 is 1.47 bits per heavy atom. The van der Waals surface area contributed by atoms with Crippen LogP contribution in [-0.2, 0) is 4.79 Å². The number of rotatable bonds is 11. The van der Waals surface area contributed by atoms with Crippen molar-refractivity contribution in [2.75, 3.05) is 26.2 Å². The normalized spacial score (nSPS) is 10.8. The number of carbonyl (C=O) groups excluding carboxylic acids is 1. The lowest BCUT2D eigenvalue weighted by atomic mass is 10.2. The van der Waals surface area contributed by atoms with Gasteiger partial charge in [0.15, 0.2) is 0 Å². The molecule has 0 saturated carbocycles. The molecule has 0 aromatic carbocycles. The summed E-state index contributed by atoms with van der Waals surface area (Å²) in [5, 5.41) is 2.93. The van der Waals surface area contributed by atoms with Crippen molar-refractivity contribution >= 4 is 5.91 Å². The third kappa shape index (κ3) is 10.3. The van der Waals surface area contributed by atoms with E-state index in [9.17, 15) is 4.79 Å². The summed E-state index contributed by atoms with van der Waals surface area (Å²) in [5.41, 5.74) is 0. The molecule has 0 aliphatic carbocycles. The first-order valence-corrected chi connectivity index (χ1v) is 7.23. The van der Waals surface area contributed by atoms with E-state index in [1.54, 1.807) is 0 Å². The average Bonchev–Trinajstić information content (AvgIpc) is 2.36. The van der Waals surface area contributed by atoms with Crippen molar-refractivity contribution in [3.63, 3.8) is 0 Å². The lowest BCUT2D eigenvalue weighted by Crippen LogP contribution is -2.31. The summed E-state index contributed by atoms with van der Waals surface area (Å²) in [6, 6.07) is 0. The minimum Gasteiger partial charge on any atom is -0.356 e. The van der Waals surface area contributed by atoms with E-state index < -0.39 is 0 Å². The molecular weight excluding hydrogens is 212 g/mol. The first-order valence-electron chi connectivity index (χ1n) is 7.23. The maximum atomic E-state index is 11.1. The zero-order valence-corrected chi connectivity index (χ0v) is 11.9. The fourth-order valence-corrected chi connectivity index (χ4v) is 1.75. The van der Waals surface area contributed by atoms with Gasteiger partial charge >= 0.3 is 0 Å². The molecule has 0 radical (unpaired) electrons. The average molecular weight is 242 g/mol. The van der Waals surface area contributed by atoms with Gasteiger partial charge in [-0.25, -0.2) is 0 Å². The Hall–Kier alpha value is -0.570. The predicted octanol–water partition coefficient (Wildman–Crippen LogP) is 2.80. The van der Waals surface area contributed by atoms with Crippen LogP contribution in [-0.4, -0.2) is 37.0 Å². The summed E-state index contributed by atoms with van der Waals surface area (Å²) in [4.78, 5) is 13.6. The Balaban J connectivity index is 3.62. The van der Waals surface area contributed by atoms with Gasteiger partial charge in [-0.05, 0) is 38.9 Å². The molecule has 0 fully saturated rings.